The second kappa shape index (κ2) is 9.20. The van der Waals surface area contributed by atoms with E-state index >= 15 is 0 Å². The highest BCUT2D eigenvalue weighted by Gasteiger charge is 2.22. The third-order valence-corrected chi connectivity index (χ3v) is 7.28. The molecule has 2 aromatic carbocycles. The van der Waals surface area contributed by atoms with E-state index in [4.69, 9.17) is 25.8 Å². The molecule has 0 saturated carbocycles. The summed E-state index contributed by atoms with van der Waals surface area (Å²) in [4.78, 5) is 17.4. The third kappa shape index (κ3) is 4.50. The van der Waals surface area contributed by atoms with E-state index in [0.717, 1.165) is 16.2 Å². The summed E-state index contributed by atoms with van der Waals surface area (Å²) >= 11 is 6.22. The smallest absolute Gasteiger partial charge is 0.338 e. The molecule has 4 rings (SSSR count). The number of esters is 1. The standard InChI is InChI=1S/C22H24ClN3O6S/c1-4-7-26-18-6-5-15(33(28,29)25(2)3)12-17(18)24-20(26)13-32-22(27)14-10-16(23)21-19(11-14)30-8-9-31-21/h5-6,10-12H,4,7-9,13H2,1-3H3. The van der Waals surface area contributed by atoms with Gasteiger partial charge in [0.15, 0.2) is 11.5 Å². The first-order valence-corrected chi connectivity index (χ1v) is 12.2. The normalized spacial score (nSPS) is 13.5. The Bertz CT molecular complexity index is 1320. The number of benzene rings is 2. The first-order chi connectivity index (χ1) is 15.7. The van der Waals surface area contributed by atoms with Crippen LogP contribution in [0.15, 0.2) is 35.2 Å². The third-order valence-electron chi connectivity index (χ3n) is 5.19. The molecule has 2 heterocycles. The lowest BCUT2D eigenvalue weighted by molar-refractivity contribution is 0.0457. The maximum Gasteiger partial charge on any atom is 0.338 e. The molecule has 0 unspecified atom stereocenters. The van der Waals surface area contributed by atoms with Gasteiger partial charge in [-0.15, -0.1) is 0 Å². The van der Waals surface area contributed by atoms with E-state index in [-0.39, 0.29) is 22.1 Å². The molecule has 11 heteroatoms. The molecular weight excluding hydrogens is 470 g/mol. The number of rotatable bonds is 7. The van der Waals surface area contributed by atoms with Crippen molar-refractivity contribution in [2.75, 3.05) is 27.3 Å². The van der Waals surface area contributed by atoms with Crippen molar-refractivity contribution in [2.45, 2.75) is 31.4 Å². The van der Waals surface area contributed by atoms with Crippen molar-refractivity contribution >= 4 is 38.6 Å². The molecule has 0 amide bonds. The van der Waals surface area contributed by atoms with Crippen molar-refractivity contribution in [3.63, 3.8) is 0 Å². The Morgan fingerprint density at radius 3 is 2.70 bits per heavy atom. The predicted molar refractivity (Wildman–Crippen MR) is 122 cm³/mol. The highest BCUT2D eigenvalue weighted by Crippen LogP contribution is 2.38. The maximum atomic E-state index is 12.7. The molecule has 0 fully saturated rings. The highest BCUT2D eigenvalue weighted by molar-refractivity contribution is 7.89. The number of halogens is 1. The summed E-state index contributed by atoms with van der Waals surface area (Å²) in [5.41, 5.74) is 1.52. The molecule has 176 valence electrons. The van der Waals surface area contributed by atoms with Gasteiger partial charge in [0.25, 0.3) is 0 Å². The summed E-state index contributed by atoms with van der Waals surface area (Å²) < 4.78 is 44.5. The molecule has 0 N–H and O–H groups in total. The molecule has 0 bridgehead atoms. The summed E-state index contributed by atoms with van der Waals surface area (Å²) in [5, 5.41) is 0.270. The van der Waals surface area contributed by atoms with Crippen molar-refractivity contribution in [3.8, 4) is 11.5 Å². The first-order valence-electron chi connectivity index (χ1n) is 10.4. The minimum Gasteiger partial charge on any atom is -0.486 e. The fourth-order valence-electron chi connectivity index (χ4n) is 3.56. The zero-order valence-electron chi connectivity index (χ0n) is 18.5. The van der Waals surface area contributed by atoms with Gasteiger partial charge in [-0.3, -0.25) is 0 Å². The average Bonchev–Trinajstić information content (AvgIpc) is 3.14. The largest absolute Gasteiger partial charge is 0.486 e. The van der Waals surface area contributed by atoms with E-state index in [1.165, 1.54) is 32.3 Å². The Hall–Kier alpha value is -2.82. The topological polar surface area (TPSA) is 100.0 Å². The van der Waals surface area contributed by atoms with Crippen LogP contribution in [0, 0.1) is 0 Å². The van der Waals surface area contributed by atoms with E-state index < -0.39 is 16.0 Å². The molecule has 3 aromatic rings. The summed E-state index contributed by atoms with van der Waals surface area (Å²) in [5.74, 6) is 0.740. The van der Waals surface area contributed by atoms with Gasteiger partial charge in [0.05, 0.1) is 26.5 Å². The molecule has 33 heavy (non-hydrogen) atoms. The summed E-state index contributed by atoms with van der Waals surface area (Å²) in [6, 6.07) is 7.82. The second-order valence-corrected chi connectivity index (χ2v) is 10.2. The van der Waals surface area contributed by atoms with Crippen LogP contribution in [0.4, 0.5) is 0 Å². The minimum absolute atomic E-state index is 0.0880. The lowest BCUT2D eigenvalue weighted by Gasteiger charge is -2.20. The first kappa shape index (κ1) is 23.3. The van der Waals surface area contributed by atoms with Gasteiger partial charge >= 0.3 is 5.97 Å². The van der Waals surface area contributed by atoms with Crippen molar-refractivity contribution in [3.05, 3.63) is 46.7 Å². The number of ether oxygens (including phenoxy) is 3. The predicted octanol–water partition coefficient (Wildman–Crippen LogP) is 3.48. The fraction of sp³-hybridized carbons (Fsp3) is 0.364. The summed E-state index contributed by atoms with van der Waals surface area (Å²) in [6.07, 6.45) is 0.821. The zero-order valence-corrected chi connectivity index (χ0v) is 20.1. The molecule has 0 aliphatic carbocycles. The lowest BCUT2D eigenvalue weighted by Crippen LogP contribution is -2.22. The van der Waals surface area contributed by atoms with E-state index in [0.29, 0.717) is 42.6 Å². The van der Waals surface area contributed by atoms with Crippen LogP contribution in [-0.2, 0) is 27.9 Å². The van der Waals surface area contributed by atoms with Crippen LogP contribution >= 0.6 is 11.6 Å². The van der Waals surface area contributed by atoms with Crippen LogP contribution in [0.5, 0.6) is 11.5 Å². The Morgan fingerprint density at radius 1 is 1.21 bits per heavy atom. The van der Waals surface area contributed by atoms with Gasteiger partial charge in [-0.2, -0.15) is 0 Å². The average molecular weight is 494 g/mol. The van der Waals surface area contributed by atoms with Gasteiger partial charge in [0, 0.05) is 20.6 Å². The van der Waals surface area contributed by atoms with Crippen molar-refractivity contribution in [2.24, 2.45) is 0 Å². The van der Waals surface area contributed by atoms with Crippen LogP contribution in [-0.4, -0.2) is 55.6 Å². The number of carbonyl (C=O) groups excluding carboxylic acids is 1. The van der Waals surface area contributed by atoms with Crippen molar-refractivity contribution in [1.29, 1.82) is 0 Å². The van der Waals surface area contributed by atoms with Crippen LogP contribution in [0.2, 0.25) is 5.02 Å². The number of sulfonamides is 1. The molecule has 0 spiro atoms. The minimum atomic E-state index is -3.59. The van der Waals surface area contributed by atoms with Crippen molar-refractivity contribution < 1.29 is 27.4 Å². The molecule has 9 nitrogen and oxygen atoms in total. The lowest BCUT2D eigenvalue weighted by atomic mass is 10.2. The monoisotopic (exact) mass is 493 g/mol. The molecular formula is C22H24ClN3O6S. The molecule has 0 radical (unpaired) electrons. The van der Waals surface area contributed by atoms with Gasteiger partial charge in [0.1, 0.15) is 25.6 Å². The molecule has 1 aromatic heterocycles. The van der Waals surface area contributed by atoms with Crippen LogP contribution in [0.1, 0.15) is 29.5 Å². The SMILES string of the molecule is CCCn1c(COC(=O)c2cc(Cl)c3c(c2)OCCO3)nc2cc(S(=O)(=O)N(C)C)ccc21. The van der Waals surface area contributed by atoms with Crippen LogP contribution in [0.3, 0.4) is 0 Å². The summed E-state index contributed by atoms with van der Waals surface area (Å²) in [7, 11) is -0.641. The molecule has 1 aliphatic rings. The van der Waals surface area contributed by atoms with E-state index in [1.54, 1.807) is 12.1 Å². The van der Waals surface area contributed by atoms with Gasteiger partial charge < -0.3 is 18.8 Å². The van der Waals surface area contributed by atoms with Gasteiger partial charge in [-0.25, -0.2) is 22.5 Å². The summed E-state index contributed by atoms with van der Waals surface area (Å²) in [6.45, 7) is 3.33. The van der Waals surface area contributed by atoms with E-state index in [1.807, 2.05) is 11.5 Å². The van der Waals surface area contributed by atoms with Crippen molar-refractivity contribution in [1.82, 2.24) is 13.9 Å². The van der Waals surface area contributed by atoms with Gasteiger partial charge in [-0.05, 0) is 36.8 Å². The number of hydrogen-bond donors (Lipinski definition) is 0. The fourth-order valence-corrected chi connectivity index (χ4v) is 4.74. The maximum absolute atomic E-state index is 12.7. The number of aromatic nitrogens is 2. The number of hydrogen-bond acceptors (Lipinski definition) is 7. The van der Waals surface area contributed by atoms with Crippen LogP contribution in [0.25, 0.3) is 11.0 Å². The number of aryl methyl sites for hydroxylation is 1. The van der Waals surface area contributed by atoms with Crippen LogP contribution < -0.4 is 9.47 Å². The van der Waals surface area contributed by atoms with E-state index in [2.05, 4.69) is 4.98 Å². The second-order valence-electron chi connectivity index (χ2n) is 7.68. The number of carbonyl (C=O) groups is 1. The molecule has 0 saturated heterocycles. The van der Waals surface area contributed by atoms with E-state index in [9.17, 15) is 13.2 Å². The number of imidazole rings is 1. The highest BCUT2D eigenvalue weighted by atomic mass is 35.5. The molecule has 1 aliphatic heterocycles. The Balaban J connectivity index is 1.61. The Labute approximate surface area is 196 Å². The number of nitrogens with zero attached hydrogens (tertiary/aromatic N) is 3. The Morgan fingerprint density at radius 2 is 1.97 bits per heavy atom. The quantitative estimate of drug-likeness (QED) is 0.464. The van der Waals surface area contributed by atoms with Gasteiger partial charge in [0.2, 0.25) is 10.0 Å². The zero-order chi connectivity index (χ0) is 23.8. The number of fused-ring (bicyclic) bond motifs is 2. The Kier molecular flexibility index (Phi) is 6.51. The van der Waals surface area contributed by atoms with Gasteiger partial charge in [-0.1, -0.05) is 18.5 Å². The molecule has 0 atom stereocenters.